The Morgan fingerprint density at radius 1 is 1.20 bits per heavy atom. The Hall–Kier alpha value is -3.07. The van der Waals surface area contributed by atoms with Gasteiger partial charge < -0.3 is 14.5 Å². The van der Waals surface area contributed by atoms with E-state index in [4.69, 9.17) is 4.74 Å². The van der Waals surface area contributed by atoms with Crippen molar-refractivity contribution in [3.63, 3.8) is 0 Å². The molecule has 2 aliphatic rings. The topological polar surface area (TPSA) is 89.3 Å². The minimum absolute atomic E-state index is 0.0362. The summed E-state index contributed by atoms with van der Waals surface area (Å²) >= 11 is 0. The Bertz CT molecular complexity index is 1060. The lowest BCUT2D eigenvalue weighted by Gasteiger charge is -2.33. The van der Waals surface area contributed by atoms with Crippen LogP contribution in [0, 0.1) is 6.92 Å². The van der Waals surface area contributed by atoms with E-state index < -0.39 is 0 Å². The third-order valence-corrected chi connectivity index (χ3v) is 5.75. The lowest BCUT2D eigenvalue weighted by Crippen LogP contribution is -2.47. The Morgan fingerprint density at radius 3 is 2.90 bits per heavy atom. The predicted octanol–water partition coefficient (Wildman–Crippen LogP) is 1.67. The Labute approximate surface area is 174 Å². The Morgan fingerprint density at radius 2 is 2.07 bits per heavy atom. The van der Waals surface area contributed by atoms with Gasteiger partial charge in [0.25, 0.3) is 5.91 Å². The summed E-state index contributed by atoms with van der Waals surface area (Å²) in [7, 11) is 0. The van der Waals surface area contributed by atoms with Crippen molar-refractivity contribution < 1.29 is 9.53 Å². The van der Waals surface area contributed by atoms with Crippen molar-refractivity contribution in [2.24, 2.45) is 0 Å². The standard InChI is InChI=1S/C21H25N7O2/c1-15-5-4-6-16(11-15)21(29)27-9-10-30-17(12-27)13-28-20-18(24-25-28)19(22-14-23-20)26-7-2-3-8-26/h4-6,11,14,17H,2-3,7-10,12-13H2,1H3. The van der Waals surface area contributed by atoms with E-state index in [9.17, 15) is 4.79 Å². The first kappa shape index (κ1) is 18.9. The highest BCUT2D eigenvalue weighted by atomic mass is 16.5. The largest absolute Gasteiger partial charge is 0.373 e. The van der Waals surface area contributed by atoms with Crippen LogP contribution in [0.3, 0.4) is 0 Å². The summed E-state index contributed by atoms with van der Waals surface area (Å²) in [5.41, 5.74) is 3.22. The number of aromatic nitrogens is 5. The van der Waals surface area contributed by atoms with Gasteiger partial charge in [0.1, 0.15) is 6.33 Å². The quantitative estimate of drug-likeness (QED) is 0.650. The molecule has 156 valence electrons. The summed E-state index contributed by atoms with van der Waals surface area (Å²) in [4.78, 5) is 25.9. The summed E-state index contributed by atoms with van der Waals surface area (Å²) < 4.78 is 7.70. The van der Waals surface area contributed by atoms with Crippen LogP contribution in [-0.4, -0.2) is 74.7 Å². The highest BCUT2D eigenvalue weighted by molar-refractivity contribution is 5.94. The molecule has 30 heavy (non-hydrogen) atoms. The molecule has 0 aliphatic carbocycles. The number of rotatable bonds is 4. The number of ether oxygens (including phenoxy) is 1. The molecule has 1 atom stereocenters. The van der Waals surface area contributed by atoms with Crippen LogP contribution in [0.4, 0.5) is 5.82 Å². The first-order valence-corrected chi connectivity index (χ1v) is 10.5. The number of carbonyl (C=O) groups is 1. The van der Waals surface area contributed by atoms with Crippen LogP contribution >= 0.6 is 0 Å². The molecule has 2 aromatic heterocycles. The Balaban J connectivity index is 1.33. The molecule has 9 heteroatoms. The van der Waals surface area contributed by atoms with Gasteiger partial charge in [-0.25, -0.2) is 14.6 Å². The number of anilines is 1. The molecule has 1 aromatic carbocycles. The first-order chi connectivity index (χ1) is 14.7. The van der Waals surface area contributed by atoms with Crippen molar-refractivity contribution in [2.75, 3.05) is 37.7 Å². The molecule has 1 amide bonds. The minimum atomic E-state index is -0.164. The summed E-state index contributed by atoms with van der Waals surface area (Å²) in [6.07, 6.45) is 3.74. The normalized spacial score (nSPS) is 19.6. The molecule has 1 unspecified atom stereocenters. The minimum Gasteiger partial charge on any atom is -0.373 e. The number of amides is 1. The van der Waals surface area contributed by atoms with E-state index in [0.29, 0.717) is 37.5 Å². The smallest absolute Gasteiger partial charge is 0.254 e. The highest BCUT2D eigenvalue weighted by Gasteiger charge is 2.27. The summed E-state index contributed by atoms with van der Waals surface area (Å²) in [5, 5.41) is 8.67. The number of aryl methyl sites for hydroxylation is 1. The molecule has 0 N–H and O–H groups in total. The van der Waals surface area contributed by atoms with Crippen LogP contribution in [0.2, 0.25) is 0 Å². The molecule has 2 aliphatic heterocycles. The van der Waals surface area contributed by atoms with E-state index in [-0.39, 0.29) is 12.0 Å². The molecule has 0 spiro atoms. The van der Waals surface area contributed by atoms with Crippen LogP contribution in [0.5, 0.6) is 0 Å². The van der Waals surface area contributed by atoms with Crippen molar-refractivity contribution in [3.8, 4) is 0 Å². The van der Waals surface area contributed by atoms with Crippen molar-refractivity contribution in [1.29, 1.82) is 0 Å². The maximum absolute atomic E-state index is 12.9. The van der Waals surface area contributed by atoms with Gasteiger partial charge in [-0.15, -0.1) is 5.10 Å². The molecule has 0 bridgehead atoms. The van der Waals surface area contributed by atoms with Crippen molar-refractivity contribution >= 4 is 22.9 Å². The predicted molar refractivity (Wildman–Crippen MR) is 111 cm³/mol. The van der Waals surface area contributed by atoms with Gasteiger partial charge in [0.2, 0.25) is 0 Å². The zero-order valence-electron chi connectivity index (χ0n) is 17.1. The van der Waals surface area contributed by atoms with E-state index in [0.717, 1.165) is 30.0 Å². The second kappa shape index (κ2) is 7.98. The Kier molecular flexibility index (Phi) is 5.04. The van der Waals surface area contributed by atoms with Crippen molar-refractivity contribution in [2.45, 2.75) is 32.4 Å². The van der Waals surface area contributed by atoms with Crippen LogP contribution in [-0.2, 0) is 11.3 Å². The van der Waals surface area contributed by atoms with Gasteiger partial charge in [0.15, 0.2) is 17.0 Å². The van der Waals surface area contributed by atoms with E-state index in [1.165, 1.54) is 12.8 Å². The summed E-state index contributed by atoms with van der Waals surface area (Å²) in [5.74, 6) is 0.888. The zero-order chi connectivity index (χ0) is 20.5. The fourth-order valence-corrected chi connectivity index (χ4v) is 4.23. The fourth-order valence-electron chi connectivity index (χ4n) is 4.23. The molecule has 9 nitrogen and oxygen atoms in total. The van der Waals surface area contributed by atoms with Gasteiger partial charge in [0.05, 0.1) is 19.3 Å². The second-order valence-corrected chi connectivity index (χ2v) is 7.95. The lowest BCUT2D eigenvalue weighted by atomic mass is 10.1. The highest BCUT2D eigenvalue weighted by Crippen LogP contribution is 2.24. The number of hydrogen-bond donors (Lipinski definition) is 0. The lowest BCUT2D eigenvalue weighted by molar-refractivity contribution is -0.0297. The van der Waals surface area contributed by atoms with E-state index in [2.05, 4.69) is 25.2 Å². The summed E-state index contributed by atoms with van der Waals surface area (Å²) in [6, 6.07) is 7.70. The number of morpholine rings is 1. The maximum Gasteiger partial charge on any atom is 0.254 e. The SMILES string of the molecule is Cc1cccc(C(=O)N2CCOC(Cn3nnc4c(N5CCCC5)ncnc43)C2)c1. The number of carbonyl (C=O) groups excluding carboxylic acids is 1. The molecule has 2 fully saturated rings. The van der Waals surface area contributed by atoms with E-state index >= 15 is 0 Å². The molecule has 2 saturated heterocycles. The molecular formula is C21H25N7O2. The van der Waals surface area contributed by atoms with Crippen LogP contribution in [0.25, 0.3) is 11.2 Å². The number of fused-ring (bicyclic) bond motifs is 1. The van der Waals surface area contributed by atoms with Crippen molar-refractivity contribution in [1.82, 2.24) is 29.9 Å². The molecule has 4 heterocycles. The van der Waals surface area contributed by atoms with Gasteiger partial charge in [-0.1, -0.05) is 22.9 Å². The van der Waals surface area contributed by atoms with Gasteiger partial charge >= 0.3 is 0 Å². The molecule has 3 aromatic rings. The molecular weight excluding hydrogens is 382 g/mol. The zero-order valence-corrected chi connectivity index (χ0v) is 17.1. The van der Waals surface area contributed by atoms with Gasteiger partial charge in [0, 0.05) is 31.7 Å². The van der Waals surface area contributed by atoms with Gasteiger partial charge in [-0.3, -0.25) is 4.79 Å². The van der Waals surface area contributed by atoms with Crippen LogP contribution < -0.4 is 4.90 Å². The van der Waals surface area contributed by atoms with E-state index in [1.807, 2.05) is 36.1 Å². The second-order valence-electron chi connectivity index (χ2n) is 7.95. The molecule has 0 radical (unpaired) electrons. The molecule has 0 saturated carbocycles. The van der Waals surface area contributed by atoms with Gasteiger partial charge in [-0.2, -0.15) is 0 Å². The molecule has 5 rings (SSSR count). The third-order valence-electron chi connectivity index (χ3n) is 5.75. The average molecular weight is 407 g/mol. The fraction of sp³-hybridized carbons (Fsp3) is 0.476. The first-order valence-electron chi connectivity index (χ1n) is 10.5. The third kappa shape index (κ3) is 3.60. The number of nitrogens with zero attached hydrogens (tertiary/aromatic N) is 7. The van der Waals surface area contributed by atoms with Crippen LogP contribution in [0.1, 0.15) is 28.8 Å². The van der Waals surface area contributed by atoms with Crippen molar-refractivity contribution in [3.05, 3.63) is 41.7 Å². The average Bonchev–Trinajstić information content (AvgIpc) is 3.44. The maximum atomic E-state index is 12.9. The summed E-state index contributed by atoms with van der Waals surface area (Å²) in [6.45, 7) is 6.06. The van der Waals surface area contributed by atoms with E-state index in [1.54, 1.807) is 11.0 Å². The van der Waals surface area contributed by atoms with Crippen LogP contribution in [0.15, 0.2) is 30.6 Å². The van der Waals surface area contributed by atoms with Gasteiger partial charge in [-0.05, 0) is 31.9 Å². The monoisotopic (exact) mass is 407 g/mol. The number of benzene rings is 1. The number of hydrogen-bond acceptors (Lipinski definition) is 7.